The Morgan fingerprint density at radius 1 is 1.21 bits per heavy atom. The van der Waals surface area contributed by atoms with Crippen LogP contribution in [0.2, 0.25) is 0 Å². The topological polar surface area (TPSA) is 46.5 Å². The number of carbonyl (C=O) groups excluding carboxylic acids is 1. The van der Waals surface area contributed by atoms with Gasteiger partial charge >= 0.3 is 5.97 Å². The minimum absolute atomic E-state index is 0.0379. The van der Waals surface area contributed by atoms with Crippen molar-refractivity contribution in [1.82, 2.24) is 0 Å². The molecule has 0 bridgehead atoms. The van der Waals surface area contributed by atoms with Gasteiger partial charge in [0.2, 0.25) is 0 Å². The lowest BCUT2D eigenvalue weighted by atomic mass is 10.0. The highest BCUT2D eigenvalue weighted by atomic mass is 16.6. The summed E-state index contributed by atoms with van der Waals surface area (Å²) in [6.45, 7) is 3.59. The van der Waals surface area contributed by atoms with E-state index in [-0.39, 0.29) is 12.1 Å². The number of unbranched alkanes of at least 4 members (excludes halogenated alkanes) is 6. The van der Waals surface area contributed by atoms with Crippen molar-refractivity contribution in [2.75, 3.05) is 0 Å². The molecule has 0 spiro atoms. The molecule has 0 aromatic carbocycles. The maximum atomic E-state index is 10.6. The normalized spacial score (nSPS) is 19.5. The Labute approximate surface area is 117 Å². The number of cyclic esters (lactones) is 1. The fourth-order valence-electron chi connectivity index (χ4n) is 2.24. The Morgan fingerprint density at radius 3 is 2.37 bits per heavy atom. The van der Waals surface area contributed by atoms with Crippen LogP contribution in [-0.2, 0) is 9.53 Å². The van der Waals surface area contributed by atoms with Gasteiger partial charge in [-0.15, -0.1) is 0 Å². The second-order valence-corrected chi connectivity index (χ2v) is 6.07. The van der Waals surface area contributed by atoms with Crippen LogP contribution in [0.3, 0.4) is 0 Å². The summed E-state index contributed by atoms with van der Waals surface area (Å²) < 4.78 is 4.97. The van der Waals surface area contributed by atoms with E-state index in [4.69, 9.17) is 4.74 Å². The molecule has 0 radical (unpaired) electrons. The van der Waals surface area contributed by atoms with Crippen LogP contribution in [0.4, 0.5) is 0 Å². The van der Waals surface area contributed by atoms with Crippen molar-refractivity contribution in [3.8, 4) is 0 Å². The SMILES string of the molecule is CC(C)(O)/C=C/CCCCCCCC[C@H]1CC(=O)O1. The molecule has 110 valence electrons. The van der Waals surface area contributed by atoms with Gasteiger partial charge in [0.05, 0.1) is 12.0 Å². The molecule has 1 N–H and O–H groups in total. The average molecular weight is 268 g/mol. The van der Waals surface area contributed by atoms with Gasteiger partial charge in [-0.05, 0) is 39.5 Å². The number of allylic oxidation sites excluding steroid dienone is 1. The molecule has 19 heavy (non-hydrogen) atoms. The molecular formula is C16H28O3. The summed E-state index contributed by atoms with van der Waals surface area (Å²) >= 11 is 0. The van der Waals surface area contributed by atoms with Gasteiger partial charge < -0.3 is 9.84 Å². The Bertz CT molecular complexity index is 281. The van der Waals surface area contributed by atoms with Crippen molar-refractivity contribution in [2.45, 2.75) is 83.3 Å². The Kier molecular flexibility index (Phi) is 7.14. The first kappa shape index (κ1) is 16.2. The van der Waals surface area contributed by atoms with Crippen LogP contribution in [0.15, 0.2) is 12.2 Å². The molecule has 1 aliphatic rings. The molecule has 1 heterocycles. The van der Waals surface area contributed by atoms with Gasteiger partial charge in [0.1, 0.15) is 6.10 Å². The van der Waals surface area contributed by atoms with E-state index in [1.165, 1.54) is 38.5 Å². The number of aliphatic hydroxyl groups is 1. The zero-order chi connectivity index (χ0) is 14.1. The Hall–Kier alpha value is -0.830. The first-order valence-corrected chi connectivity index (χ1v) is 7.57. The Morgan fingerprint density at radius 2 is 1.79 bits per heavy atom. The third-order valence-corrected chi connectivity index (χ3v) is 3.37. The van der Waals surface area contributed by atoms with Gasteiger partial charge in [0.25, 0.3) is 0 Å². The number of hydrogen-bond acceptors (Lipinski definition) is 3. The third kappa shape index (κ3) is 8.82. The molecule has 3 nitrogen and oxygen atoms in total. The number of esters is 1. The van der Waals surface area contributed by atoms with E-state index in [1.54, 1.807) is 13.8 Å². The second kappa shape index (κ2) is 8.36. The smallest absolute Gasteiger partial charge is 0.309 e. The van der Waals surface area contributed by atoms with E-state index in [2.05, 4.69) is 6.08 Å². The molecule has 1 rings (SSSR count). The molecule has 1 aliphatic heterocycles. The predicted octanol–water partition coefficient (Wildman–Crippen LogP) is 3.75. The van der Waals surface area contributed by atoms with Gasteiger partial charge in [0.15, 0.2) is 0 Å². The molecule has 1 fully saturated rings. The van der Waals surface area contributed by atoms with E-state index in [1.807, 2.05) is 6.08 Å². The highest BCUT2D eigenvalue weighted by molar-refractivity contribution is 5.75. The molecule has 1 saturated heterocycles. The highest BCUT2D eigenvalue weighted by Crippen LogP contribution is 2.20. The lowest BCUT2D eigenvalue weighted by Crippen LogP contribution is -2.32. The molecule has 0 aromatic rings. The minimum Gasteiger partial charge on any atom is -0.462 e. The van der Waals surface area contributed by atoms with Crippen LogP contribution >= 0.6 is 0 Å². The predicted molar refractivity (Wildman–Crippen MR) is 76.9 cm³/mol. The zero-order valence-corrected chi connectivity index (χ0v) is 12.4. The maximum absolute atomic E-state index is 10.6. The van der Waals surface area contributed by atoms with Gasteiger partial charge in [-0.25, -0.2) is 0 Å². The summed E-state index contributed by atoms with van der Waals surface area (Å²) in [4.78, 5) is 10.6. The van der Waals surface area contributed by atoms with Crippen LogP contribution in [0, 0.1) is 0 Å². The van der Waals surface area contributed by atoms with Gasteiger partial charge in [-0.3, -0.25) is 4.79 Å². The maximum Gasteiger partial charge on any atom is 0.309 e. The van der Waals surface area contributed by atoms with E-state index >= 15 is 0 Å². The first-order valence-electron chi connectivity index (χ1n) is 7.57. The molecule has 0 aromatic heterocycles. The van der Waals surface area contributed by atoms with Crippen molar-refractivity contribution >= 4 is 5.97 Å². The van der Waals surface area contributed by atoms with Crippen LogP contribution in [0.5, 0.6) is 0 Å². The van der Waals surface area contributed by atoms with E-state index in [0.717, 1.165) is 12.8 Å². The fourth-order valence-corrected chi connectivity index (χ4v) is 2.24. The van der Waals surface area contributed by atoms with E-state index < -0.39 is 5.60 Å². The van der Waals surface area contributed by atoms with Gasteiger partial charge in [-0.1, -0.05) is 37.8 Å². The monoisotopic (exact) mass is 268 g/mol. The van der Waals surface area contributed by atoms with Crippen molar-refractivity contribution in [3.05, 3.63) is 12.2 Å². The summed E-state index contributed by atoms with van der Waals surface area (Å²) in [6.07, 6.45) is 14.3. The second-order valence-electron chi connectivity index (χ2n) is 6.07. The molecular weight excluding hydrogens is 240 g/mol. The Balaban J connectivity index is 1.79. The fraction of sp³-hybridized carbons (Fsp3) is 0.812. The quantitative estimate of drug-likeness (QED) is 0.373. The van der Waals surface area contributed by atoms with E-state index in [9.17, 15) is 9.90 Å². The lowest BCUT2D eigenvalue weighted by Gasteiger charge is -2.25. The largest absolute Gasteiger partial charge is 0.462 e. The highest BCUT2D eigenvalue weighted by Gasteiger charge is 2.27. The summed E-state index contributed by atoms with van der Waals surface area (Å²) in [5, 5.41) is 9.49. The van der Waals surface area contributed by atoms with Crippen molar-refractivity contribution in [2.24, 2.45) is 0 Å². The van der Waals surface area contributed by atoms with Gasteiger partial charge in [0, 0.05) is 0 Å². The number of rotatable bonds is 10. The molecule has 3 heteroatoms. The third-order valence-electron chi connectivity index (χ3n) is 3.37. The van der Waals surface area contributed by atoms with Crippen molar-refractivity contribution < 1.29 is 14.6 Å². The number of carbonyl (C=O) groups is 1. The molecule has 1 atom stereocenters. The van der Waals surface area contributed by atoms with Crippen molar-refractivity contribution in [3.63, 3.8) is 0 Å². The summed E-state index contributed by atoms with van der Waals surface area (Å²) in [5.41, 5.74) is -0.676. The van der Waals surface area contributed by atoms with Crippen LogP contribution in [-0.4, -0.2) is 22.8 Å². The summed E-state index contributed by atoms with van der Waals surface area (Å²) in [7, 11) is 0. The lowest BCUT2D eigenvalue weighted by molar-refractivity contribution is -0.169. The summed E-state index contributed by atoms with van der Waals surface area (Å²) in [5.74, 6) is -0.0379. The van der Waals surface area contributed by atoms with E-state index in [0.29, 0.717) is 6.42 Å². The molecule has 0 aliphatic carbocycles. The number of hydrogen-bond donors (Lipinski definition) is 1. The first-order chi connectivity index (χ1) is 8.97. The zero-order valence-electron chi connectivity index (χ0n) is 12.4. The van der Waals surface area contributed by atoms with Crippen LogP contribution < -0.4 is 0 Å². The number of ether oxygens (including phenoxy) is 1. The summed E-state index contributed by atoms with van der Waals surface area (Å²) in [6, 6.07) is 0. The average Bonchev–Trinajstić information content (AvgIpc) is 2.27. The minimum atomic E-state index is -0.676. The molecule has 0 saturated carbocycles. The standard InChI is InChI=1S/C16H28O3/c1-16(2,18)12-10-8-6-4-3-5-7-9-11-14-13-15(17)19-14/h10,12,14,18H,3-9,11,13H2,1-2H3/b12-10+/t14-/m0/s1. The molecule has 0 unspecified atom stereocenters. The van der Waals surface area contributed by atoms with Gasteiger partial charge in [-0.2, -0.15) is 0 Å². The van der Waals surface area contributed by atoms with Crippen molar-refractivity contribution in [1.29, 1.82) is 0 Å². The molecule has 0 amide bonds. The van der Waals surface area contributed by atoms with Crippen LogP contribution in [0.1, 0.15) is 71.6 Å². The van der Waals surface area contributed by atoms with Crippen LogP contribution in [0.25, 0.3) is 0 Å².